The van der Waals surface area contributed by atoms with Gasteiger partial charge in [-0.05, 0) is 85.2 Å². The molecule has 7 nitrogen and oxygen atoms in total. The second kappa shape index (κ2) is 11.0. The Morgan fingerprint density at radius 2 is 1.81 bits per heavy atom. The van der Waals surface area contributed by atoms with Crippen LogP contribution in [0.3, 0.4) is 0 Å². The number of amides is 2. The fourth-order valence-electron chi connectivity index (χ4n) is 6.04. The molecule has 226 valence electrons. The average molecular weight is 669 g/mol. The number of aromatic nitrogens is 1. The standard InChI is InChI=1S/C30H26Cl3F2N3O4S/c1-15-17-14-37(13-16(17)11-20(24(15)42-2)38-10-4-7-29(8-9-29)28(38)41)27(40)23-21(12-22(30(33,34)35)36-26(23)39)43-25-18(31)5-3-6-19(25)32/h3,5-6,11-12H,4,7-10,13-14H2,1-2H3,(H,36,39). The number of H-pyrrole nitrogens is 1. The second-order valence-corrected chi connectivity index (χ2v) is 13.4. The number of pyridine rings is 1. The summed E-state index contributed by atoms with van der Waals surface area (Å²) in [4.78, 5) is 46.2. The number of anilines is 1. The van der Waals surface area contributed by atoms with E-state index >= 15 is 0 Å². The van der Waals surface area contributed by atoms with Crippen molar-refractivity contribution in [2.45, 2.75) is 60.9 Å². The Morgan fingerprint density at radius 1 is 1.12 bits per heavy atom. The fourth-order valence-corrected chi connectivity index (χ4v) is 7.78. The number of ether oxygens (including phenoxy) is 1. The number of nitrogens with one attached hydrogen (secondary N) is 1. The molecule has 13 heteroatoms. The van der Waals surface area contributed by atoms with Crippen LogP contribution in [0.2, 0.25) is 10.0 Å². The Bertz CT molecular complexity index is 1720. The first-order valence-electron chi connectivity index (χ1n) is 13.6. The molecule has 0 radical (unpaired) electrons. The summed E-state index contributed by atoms with van der Waals surface area (Å²) in [5.74, 6) is -0.00124. The lowest BCUT2D eigenvalue weighted by atomic mass is 9.92. The molecule has 1 saturated heterocycles. The Hall–Kier alpha value is -2.79. The third kappa shape index (κ3) is 5.30. The van der Waals surface area contributed by atoms with Crippen LogP contribution in [0.4, 0.5) is 14.5 Å². The van der Waals surface area contributed by atoms with Crippen molar-refractivity contribution in [1.29, 1.82) is 0 Å². The third-order valence-electron chi connectivity index (χ3n) is 8.45. The molecule has 3 aromatic rings. The van der Waals surface area contributed by atoms with Crippen LogP contribution >= 0.6 is 46.6 Å². The van der Waals surface area contributed by atoms with Gasteiger partial charge in [-0.1, -0.05) is 41.0 Å². The summed E-state index contributed by atoms with van der Waals surface area (Å²) in [6.07, 6.45) is 3.56. The highest BCUT2D eigenvalue weighted by atomic mass is 35.5. The molecule has 2 aromatic carbocycles. The molecule has 2 aliphatic heterocycles. The van der Waals surface area contributed by atoms with Crippen molar-refractivity contribution < 1.29 is 23.1 Å². The Morgan fingerprint density at radius 3 is 2.44 bits per heavy atom. The highest BCUT2D eigenvalue weighted by molar-refractivity contribution is 7.99. The van der Waals surface area contributed by atoms with E-state index in [2.05, 4.69) is 4.98 Å². The van der Waals surface area contributed by atoms with Crippen molar-refractivity contribution in [1.82, 2.24) is 9.88 Å². The molecule has 2 amide bonds. The van der Waals surface area contributed by atoms with E-state index in [-0.39, 0.29) is 44.9 Å². The largest absolute Gasteiger partial charge is 0.494 e. The molecule has 0 unspecified atom stereocenters. The van der Waals surface area contributed by atoms with Crippen LogP contribution in [0, 0.1) is 12.3 Å². The molecule has 1 aliphatic carbocycles. The van der Waals surface area contributed by atoms with Gasteiger partial charge >= 0.3 is 5.38 Å². The minimum absolute atomic E-state index is 0.0707. The maximum Gasteiger partial charge on any atom is 0.362 e. The van der Waals surface area contributed by atoms with E-state index < -0.39 is 22.5 Å². The van der Waals surface area contributed by atoms with Crippen LogP contribution in [0.25, 0.3) is 0 Å². The summed E-state index contributed by atoms with van der Waals surface area (Å²) in [5, 5.41) is -3.45. The summed E-state index contributed by atoms with van der Waals surface area (Å²) in [6.45, 7) is 2.75. The molecule has 2 fully saturated rings. The lowest BCUT2D eigenvalue weighted by Gasteiger charge is -2.34. The van der Waals surface area contributed by atoms with E-state index in [1.165, 1.54) is 4.90 Å². The van der Waals surface area contributed by atoms with Crippen molar-refractivity contribution >= 4 is 64.1 Å². The maximum atomic E-state index is 14.1. The number of hydrogen-bond donors (Lipinski definition) is 1. The summed E-state index contributed by atoms with van der Waals surface area (Å²) in [6, 6.07) is 7.59. The predicted molar refractivity (Wildman–Crippen MR) is 162 cm³/mol. The monoisotopic (exact) mass is 667 g/mol. The van der Waals surface area contributed by atoms with Crippen LogP contribution in [-0.4, -0.2) is 35.4 Å². The zero-order valence-corrected chi connectivity index (χ0v) is 26.2. The second-order valence-electron chi connectivity index (χ2n) is 11.1. The molecule has 1 N–H and O–H groups in total. The van der Waals surface area contributed by atoms with Gasteiger partial charge in [-0.3, -0.25) is 14.4 Å². The van der Waals surface area contributed by atoms with E-state index in [0.717, 1.165) is 60.2 Å². The number of methoxy groups -OCH3 is 1. The van der Waals surface area contributed by atoms with Crippen LogP contribution in [0.15, 0.2) is 44.9 Å². The SMILES string of the molecule is COc1c(N2CCCC3(CC3)C2=O)cc2c(c1C)CN(C(=O)c1c(Sc3c(Cl)cccc3Cl)cc(C(F)(F)Cl)[nH]c1=O)C2. The van der Waals surface area contributed by atoms with Gasteiger partial charge in [0.1, 0.15) is 17.0 Å². The highest BCUT2D eigenvalue weighted by Crippen LogP contribution is 2.55. The number of carbonyl (C=O) groups excluding carboxylic acids is 2. The van der Waals surface area contributed by atoms with Gasteiger partial charge < -0.3 is 19.5 Å². The molecule has 0 bridgehead atoms. The van der Waals surface area contributed by atoms with E-state index in [9.17, 15) is 23.2 Å². The van der Waals surface area contributed by atoms with Crippen LogP contribution in [0.1, 0.15) is 58.4 Å². The van der Waals surface area contributed by atoms with Crippen molar-refractivity contribution in [2.75, 3.05) is 18.6 Å². The number of fused-ring (bicyclic) bond motifs is 1. The Kier molecular flexibility index (Phi) is 7.72. The van der Waals surface area contributed by atoms with Crippen LogP contribution < -0.4 is 15.2 Å². The first-order chi connectivity index (χ1) is 20.3. The number of piperidine rings is 1. The van der Waals surface area contributed by atoms with Gasteiger partial charge in [0.25, 0.3) is 11.5 Å². The lowest BCUT2D eigenvalue weighted by molar-refractivity contribution is -0.125. The number of benzene rings is 2. The number of nitrogens with zero attached hydrogens (tertiary/aromatic N) is 2. The summed E-state index contributed by atoms with van der Waals surface area (Å²) < 4.78 is 34.0. The van der Waals surface area contributed by atoms with E-state index in [1.807, 2.05) is 13.0 Å². The average Bonchev–Trinajstić information content (AvgIpc) is 3.59. The normalized spacial score (nSPS) is 17.4. The molecule has 43 heavy (non-hydrogen) atoms. The van der Waals surface area contributed by atoms with Crippen molar-refractivity contribution in [3.05, 3.63) is 78.7 Å². The first-order valence-corrected chi connectivity index (χ1v) is 15.6. The van der Waals surface area contributed by atoms with E-state index in [4.69, 9.17) is 39.5 Å². The molecule has 1 saturated carbocycles. The molecular weight excluding hydrogens is 643 g/mol. The Balaban J connectivity index is 1.38. The van der Waals surface area contributed by atoms with Crippen molar-refractivity contribution in [2.24, 2.45) is 5.41 Å². The highest BCUT2D eigenvalue weighted by Gasteiger charge is 2.53. The van der Waals surface area contributed by atoms with Crippen LogP contribution in [-0.2, 0) is 23.3 Å². The van der Waals surface area contributed by atoms with Gasteiger partial charge in [0.15, 0.2) is 0 Å². The number of aromatic amines is 1. The molecule has 3 heterocycles. The minimum Gasteiger partial charge on any atom is -0.494 e. The number of carbonyl (C=O) groups is 2. The first kappa shape index (κ1) is 30.2. The molecule has 1 aromatic heterocycles. The molecule has 3 aliphatic rings. The molecule has 6 rings (SSSR count). The summed E-state index contributed by atoms with van der Waals surface area (Å²) in [7, 11) is 1.55. The van der Waals surface area contributed by atoms with E-state index in [1.54, 1.807) is 30.2 Å². The predicted octanol–water partition coefficient (Wildman–Crippen LogP) is 7.50. The van der Waals surface area contributed by atoms with Gasteiger partial charge in [0.2, 0.25) is 5.91 Å². The number of halogens is 5. The molecule has 0 atom stereocenters. The summed E-state index contributed by atoms with van der Waals surface area (Å²) >= 11 is 18.7. The fraction of sp³-hybridized carbons (Fsp3) is 0.367. The van der Waals surface area contributed by atoms with Gasteiger partial charge in [0, 0.05) is 34.8 Å². The minimum atomic E-state index is -3.89. The van der Waals surface area contributed by atoms with Crippen molar-refractivity contribution in [3.63, 3.8) is 0 Å². The number of rotatable bonds is 6. The van der Waals surface area contributed by atoms with Gasteiger partial charge in [0.05, 0.1) is 22.8 Å². The summed E-state index contributed by atoms with van der Waals surface area (Å²) in [5.41, 5.74) is 0.604. The number of alkyl halides is 3. The lowest BCUT2D eigenvalue weighted by Crippen LogP contribution is -2.42. The van der Waals surface area contributed by atoms with Gasteiger partial charge in [-0.2, -0.15) is 8.78 Å². The molecule has 1 spiro atoms. The smallest absolute Gasteiger partial charge is 0.362 e. The zero-order chi connectivity index (χ0) is 30.8. The maximum absolute atomic E-state index is 14.1. The third-order valence-corrected chi connectivity index (χ3v) is 10.7. The molecular formula is C30H26Cl3F2N3O4S. The zero-order valence-electron chi connectivity index (χ0n) is 23.2. The quantitative estimate of drug-likeness (QED) is 0.275. The number of hydrogen-bond acceptors (Lipinski definition) is 5. The van der Waals surface area contributed by atoms with Gasteiger partial charge in [-0.25, -0.2) is 0 Å². The Labute approximate surface area is 265 Å². The van der Waals surface area contributed by atoms with E-state index in [0.29, 0.717) is 22.9 Å². The van der Waals surface area contributed by atoms with Crippen molar-refractivity contribution in [3.8, 4) is 5.75 Å². The topological polar surface area (TPSA) is 82.7 Å². The van der Waals surface area contributed by atoms with Crippen LogP contribution in [0.5, 0.6) is 5.75 Å². The van der Waals surface area contributed by atoms with Gasteiger partial charge in [-0.15, -0.1) is 0 Å².